The van der Waals surface area contributed by atoms with Crippen LogP contribution in [0.4, 0.5) is 11.5 Å². The summed E-state index contributed by atoms with van der Waals surface area (Å²) in [6.45, 7) is 3.07. The van der Waals surface area contributed by atoms with Crippen molar-refractivity contribution < 1.29 is 0 Å². The molecule has 1 heterocycles. The Bertz CT molecular complexity index is 599. The Labute approximate surface area is 126 Å². The lowest BCUT2D eigenvalue weighted by molar-refractivity contribution is 0.684. The summed E-state index contributed by atoms with van der Waals surface area (Å²) >= 11 is 0. The Morgan fingerprint density at radius 3 is 2.62 bits per heavy atom. The summed E-state index contributed by atoms with van der Waals surface area (Å²) in [5.74, 6) is 1.09. The topological polar surface area (TPSA) is 47.1 Å². The van der Waals surface area contributed by atoms with Crippen LogP contribution in [0.1, 0.15) is 37.4 Å². The van der Waals surface area contributed by atoms with Gasteiger partial charge in [-0.2, -0.15) is 5.10 Å². The molecule has 0 bridgehead atoms. The second-order valence-corrected chi connectivity index (χ2v) is 5.90. The Hall–Kier alpha value is -1.97. The summed E-state index contributed by atoms with van der Waals surface area (Å²) < 4.78 is 1.96. The summed E-state index contributed by atoms with van der Waals surface area (Å²) in [4.78, 5) is 2.43. The molecule has 1 aliphatic carbocycles. The van der Waals surface area contributed by atoms with Gasteiger partial charge in [-0.15, -0.1) is 0 Å². The predicted octanol–water partition coefficient (Wildman–Crippen LogP) is 3.12. The molecule has 4 nitrogen and oxygen atoms in total. The summed E-state index contributed by atoms with van der Waals surface area (Å²) in [6.07, 6.45) is 4.52. The maximum Gasteiger partial charge on any atom is 0.150 e. The van der Waals surface area contributed by atoms with Crippen LogP contribution in [0.3, 0.4) is 0 Å². The highest BCUT2D eigenvalue weighted by atomic mass is 15.4. The molecule has 0 spiro atoms. The van der Waals surface area contributed by atoms with E-state index in [1.165, 1.54) is 18.4 Å². The number of hydrogen-bond donors (Lipinski definition) is 1. The zero-order valence-electron chi connectivity index (χ0n) is 12.9. The highest BCUT2D eigenvalue weighted by Gasteiger charge is 2.33. The fraction of sp³-hybridized carbons (Fsp3) is 0.471. The minimum Gasteiger partial charge on any atom is -0.394 e. The average Bonchev–Trinajstić information content (AvgIpc) is 3.27. The molecule has 112 valence electrons. The Morgan fingerprint density at radius 1 is 1.29 bits per heavy atom. The number of hydrogen-bond acceptors (Lipinski definition) is 3. The van der Waals surface area contributed by atoms with Gasteiger partial charge in [-0.05, 0) is 24.8 Å². The standard InChI is InChI=1S/C17H24N4/c1-3-7-15-16(18)17(20(2)19-15)21(14-10-11-14)12-13-8-5-4-6-9-13/h4-6,8-9,14H,3,7,10-12,18H2,1-2H3. The number of nitrogens with zero attached hydrogens (tertiary/aromatic N) is 3. The molecule has 2 N–H and O–H groups in total. The first-order chi connectivity index (χ1) is 10.2. The molecule has 0 aliphatic heterocycles. The minimum absolute atomic E-state index is 0.609. The lowest BCUT2D eigenvalue weighted by Crippen LogP contribution is -2.28. The molecule has 1 saturated carbocycles. The highest BCUT2D eigenvalue weighted by Crippen LogP contribution is 2.37. The van der Waals surface area contributed by atoms with Crippen LogP contribution in [0.15, 0.2) is 30.3 Å². The van der Waals surface area contributed by atoms with E-state index in [9.17, 15) is 0 Å². The van der Waals surface area contributed by atoms with Gasteiger partial charge in [0.1, 0.15) is 0 Å². The number of nitrogen functional groups attached to an aromatic ring is 1. The largest absolute Gasteiger partial charge is 0.394 e. The minimum atomic E-state index is 0.609. The third kappa shape index (κ3) is 2.89. The quantitative estimate of drug-likeness (QED) is 0.886. The van der Waals surface area contributed by atoms with Crippen molar-refractivity contribution in [2.24, 2.45) is 7.05 Å². The molecule has 4 heteroatoms. The first kappa shape index (κ1) is 14.0. The second-order valence-electron chi connectivity index (χ2n) is 5.90. The van der Waals surface area contributed by atoms with Crippen molar-refractivity contribution in [3.63, 3.8) is 0 Å². The molecule has 0 saturated heterocycles. The molecule has 0 radical (unpaired) electrons. The maximum absolute atomic E-state index is 6.39. The fourth-order valence-electron chi connectivity index (χ4n) is 2.89. The normalized spacial score (nSPS) is 14.4. The van der Waals surface area contributed by atoms with E-state index in [4.69, 9.17) is 5.73 Å². The van der Waals surface area contributed by atoms with E-state index in [2.05, 4.69) is 47.3 Å². The fourth-order valence-corrected chi connectivity index (χ4v) is 2.89. The molecule has 0 amide bonds. The Balaban J connectivity index is 1.91. The van der Waals surface area contributed by atoms with E-state index >= 15 is 0 Å². The number of rotatable bonds is 6. The third-order valence-corrected chi connectivity index (χ3v) is 4.07. The van der Waals surface area contributed by atoms with E-state index in [1.807, 2.05) is 11.7 Å². The molecule has 3 rings (SSSR count). The van der Waals surface area contributed by atoms with Crippen LogP contribution in [0.2, 0.25) is 0 Å². The van der Waals surface area contributed by atoms with Crippen LogP contribution >= 0.6 is 0 Å². The van der Waals surface area contributed by atoms with Gasteiger partial charge in [-0.3, -0.25) is 4.68 Å². The molecule has 1 aromatic heterocycles. The Morgan fingerprint density at radius 2 is 2.00 bits per heavy atom. The van der Waals surface area contributed by atoms with Crippen molar-refractivity contribution in [2.45, 2.75) is 45.2 Å². The number of aryl methyl sites for hydroxylation is 2. The molecule has 1 fully saturated rings. The van der Waals surface area contributed by atoms with E-state index in [0.29, 0.717) is 6.04 Å². The monoisotopic (exact) mass is 284 g/mol. The van der Waals surface area contributed by atoms with Crippen LogP contribution < -0.4 is 10.6 Å². The molecule has 1 aliphatic rings. The zero-order valence-corrected chi connectivity index (χ0v) is 12.9. The van der Waals surface area contributed by atoms with E-state index in [-0.39, 0.29) is 0 Å². The van der Waals surface area contributed by atoms with Gasteiger partial charge in [0.05, 0.1) is 11.4 Å². The van der Waals surface area contributed by atoms with Crippen molar-refractivity contribution in [3.8, 4) is 0 Å². The van der Waals surface area contributed by atoms with Crippen LogP contribution in [0.5, 0.6) is 0 Å². The van der Waals surface area contributed by atoms with Crippen molar-refractivity contribution in [1.82, 2.24) is 9.78 Å². The van der Waals surface area contributed by atoms with Crippen LogP contribution in [-0.4, -0.2) is 15.8 Å². The van der Waals surface area contributed by atoms with Gasteiger partial charge in [0.15, 0.2) is 5.82 Å². The number of anilines is 2. The summed E-state index contributed by atoms with van der Waals surface area (Å²) in [7, 11) is 2.01. The van der Waals surface area contributed by atoms with E-state index < -0.39 is 0 Å². The number of benzene rings is 1. The second kappa shape index (κ2) is 5.80. The molecule has 1 aromatic carbocycles. The van der Waals surface area contributed by atoms with Gasteiger partial charge in [-0.1, -0.05) is 43.7 Å². The first-order valence-electron chi connectivity index (χ1n) is 7.82. The van der Waals surface area contributed by atoms with Gasteiger partial charge in [0.2, 0.25) is 0 Å². The smallest absolute Gasteiger partial charge is 0.150 e. The van der Waals surface area contributed by atoms with E-state index in [0.717, 1.165) is 36.6 Å². The van der Waals surface area contributed by atoms with Crippen LogP contribution in [0.25, 0.3) is 0 Å². The molecular formula is C17H24N4. The van der Waals surface area contributed by atoms with Crippen molar-refractivity contribution in [2.75, 3.05) is 10.6 Å². The molecule has 2 aromatic rings. The van der Waals surface area contributed by atoms with Gasteiger partial charge >= 0.3 is 0 Å². The van der Waals surface area contributed by atoms with Gasteiger partial charge in [-0.25, -0.2) is 0 Å². The van der Waals surface area contributed by atoms with Gasteiger partial charge in [0, 0.05) is 19.6 Å². The average molecular weight is 284 g/mol. The lowest BCUT2D eigenvalue weighted by Gasteiger charge is -2.25. The summed E-state index contributed by atoms with van der Waals surface area (Å²) in [5, 5.41) is 4.62. The van der Waals surface area contributed by atoms with E-state index in [1.54, 1.807) is 0 Å². The molecule has 0 atom stereocenters. The SMILES string of the molecule is CCCc1nn(C)c(N(Cc2ccccc2)C2CC2)c1N. The summed E-state index contributed by atoms with van der Waals surface area (Å²) in [5.41, 5.74) is 9.61. The highest BCUT2D eigenvalue weighted by molar-refractivity contribution is 5.67. The predicted molar refractivity (Wildman–Crippen MR) is 87.3 cm³/mol. The first-order valence-corrected chi connectivity index (χ1v) is 7.82. The maximum atomic E-state index is 6.39. The molecule has 21 heavy (non-hydrogen) atoms. The van der Waals surface area contributed by atoms with Gasteiger partial charge in [0.25, 0.3) is 0 Å². The van der Waals surface area contributed by atoms with Crippen molar-refractivity contribution >= 4 is 11.5 Å². The Kier molecular flexibility index (Phi) is 3.86. The summed E-state index contributed by atoms with van der Waals surface area (Å²) in [6, 6.07) is 11.2. The lowest BCUT2D eigenvalue weighted by atomic mass is 10.2. The van der Waals surface area contributed by atoms with Crippen LogP contribution in [-0.2, 0) is 20.0 Å². The zero-order chi connectivity index (χ0) is 14.8. The van der Waals surface area contributed by atoms with Crippen molar-refractivity contribution in [3.05, 3.63) is 41.6 Å². The number of nitrogens with two attached hydrogens (primary N) is 1. The van der Waals surface area contributed by atoms with Gasteiger partial charge < -0.3 is 10.6 Å². The van der Waals surface area contributed by atoms with Crippen LogP contribution in [0, 0.1) is 0 Å². The third-order valence-electron chi connectivity index (χ3n) is 4.07. The number of aromatic nitrogens is 2. The van der Waals surface area contributed by atoms with Crippen molar-refractivity contribution in [1.29, 1.82) is 0 Å². The molecular weight excluding hydrogens is 260 g/mol. The molecule has 0 unspecified atom stereocenters.